The SMILES string of the molecule is C[C@H](NC(=O)/C(C#N)=C\c1ccc(CNC(=O)C(=O)Nc2ccc(Cl)c(Cl)c2)o1)c1ccccc1. The van der Waals surface area contributed by atoms with E-state index in [1.54, 1.807) is 12.1 Å². The highest BCUT2D eigenvalue weighted by Gasteiger charge is 2.16. The Morgan fingerprint density at radius 2 is 1.74 bits per heavy atom. The summed E-state index contributed by atoms with van der Waals surface area (Å²) in [4.78, 5) is 36.6. The van der Waals surface area contributed by atoms with Crippen molar-refractivity contribution in [1.29, 1.82) is 5.26 Å². The number of hydrogen-bond acceptors (Lipinski definition) is 5. The van der Waals surface area contributed by atoms with Gasteiger partial charge < -0.3 is 20.4 Å². The third-order valence-corrected chi connectivity index (χ3v) is 5.53. The van der Waals surface area contributed by atoms with Crippen LogP contribution in [0.1, 0.15) is 30.0 Å². The number of furan rings is 1. The van der Waals surface area contributed by atoms with E-state index < -0.39 is 17.7 Å². The molecule has 1 heterocycles. The molecule has 0 unspecified atom stereocenters. The Balaban J connectivity index is 1.56. The summed E-state index contributed by atoms with van der Waals surface area (Å²) >= 11 is 11.7. The van der Waals surface area contributed by atoms with E-state index in [2.05, 4.69) is 16.0 Å². The molecule has 1 atom stereocenters. The fourth-order valence-corrected chi connectivity index (χ4v) is 3.26. The molecule has 3 amide bonds. The van der Waals surface area contributed by atoms with Crippen molar-refractivity contribution in [1.82, 2.24) is 10.6 Å². The lowest BCUT2D eigenvalue weighted by Gasteiger charge is -2.13. The minimum Gasteiger partial charge on any atom is -0.460 e. The van der Waals surface area contributed by atoms with Gasteiger partial charge in [0.15, 0.2) is 0 Å². The van der Waals surface area contributed by atoms with Crippen LogP contribution in [-0.2, 0) is 20.9 Å². The predicted molar refractivity (Wildman–Crippen MR) is 132 cm³/mol. The highest BCUT2D eigenvalue weighted by atomic mass is 35.5. The number of nitrogens with zero attached hydrogens (tertiary/aromatic N) is 1. The molecule has 178 valence electrons. The number of nitrogens with one attached hydrogen (secondary N) is 3. The van der Waals surface area contributed by atoms with Crippen LogP contribution < -0.4 is 16.0 Å². The second-order valence-electron chi connectivity index (χ2n) is 7.35. The summed E-state index contributed by atoms with van der Waals surface area (Å²) in [6.07, 6.45) is 1.30. The van der Waals surface area contributed by atoms with Crippen molar-refractivity contribution in [3.05, 3.63) is 93.4 Å². The van der Waals surface area contributed by atoms with Crippen LogP contribution in [0.15, 0.2) is 70.7 Å². The first-order chi connectivity index (χ1) is 16.8. The molecule has 0 aliphatic heterocycles. The Kier molecular flexibility index (Phi) is 8.68. The Bertz CT molecular complexity index is 1310. The van der Waals surface area contributed by atoms with Crippen molar-refractivity contribution >= 4 is 52.7 Å². The van der Waals surface area contributed by atoms with Crippen LogP contribution in [0.5, 0.6) is 0 Å². The average Bonchev–Trinajstić information content (AvgIpc) is 3.31. The normalized spacial score (nSPS) is 11.8. The first-order valence-electron chi connectivity index (χ1n) is 10.4. The molecule has 8 nitrogen and oxygen atoms in total. The van der Waals surface area contributed by atoms with Crippen LogP contribution in [0.25, 0.3) is 6.08 Å². The molecule has 3 N–H and O–H groups in total. The van der Waals surface area contributed by atoms with Crippen LogP contribution in [-0.4, -0.2) is 17.7 Å². The lowest BCUT2D eigenvalue weighted by molar-refractivity contribution is -0.136. The summed E-state index contributed by atoms with van der Waals surface area (Å²) in [6.45, 7) is 1.73. The van der Waals surface area contributed by atoms with E-state index in [1.807, 2.05) is 43.3 Å². The van der Waals surface area contributed by atoms with Gasteiger partial charge in [-0.3, -0.25) is 14.4 Å². The van der Waals surface area contributed by atoms with E-state index in [0.29, 0.717) is 16.5 Å². The number of hydrogen-bond donors (Lipinski definition) is 3. The number of rotatable bonds is 7. The predicted octanol–water partition coefficient (Wildman–Crippen LogP) is 4.63. The largest absolute Gasteiger partial charge is 0.460 e. The van der Waals surface area contributed by atoms with Gasteiger partial charge in [-0.2, -0.15) is 5.26 Å². The lowest BCUT2D eigenvalue weighted by Crippen LogP contribution is -2.34. The Morgan fingerprint density at radius 3 is 2.43 bits per heavy atom. The maximum absolute atomic E-state index is 12.5. The number of amides is 3. The van der Waals surface area contributed by atoms with Crippen LogP contribution in [0.4, 0.5) is 5.69 Å². The van der Waals surface area contributed by atoms with E-state index in [-0.39, 0.29) is 28.9 Å². The number of carbonyl (C=O) groups excluding carboxylic acids is 3. The maximum atomic E-state index is 12.5. The molecule has 0 saturated carbocycles. The second kappa shape index (κ2) is 11.9. The highest BCUT2D eigenvalue weighted by Crippen LogP contribution is 2.25. The molecule has 0 bridgehead atoms. The number of anilines is 1. The zero-order valence-electron chi connectivity index (χ0n) is 18.5. The van der Waals surface area contributed by atoms with Crippen molar-refractivity contribution in [2.75, 3.05) is 5.32 Å². The van der Waals surface area contributed by atoms with Gasteiger partial charge in [-0.05, 0) is 42.8 Å². The first-order valence-corrected chi connectivity index (χ1v) is 11.1. The van der Waals surface area contributed by atoms with E-state index in [9.17, 15) is 19.6 Å². The number of halogens is 2. The number of carbonyl (C=O) groups is 3. The van der Waals surface area contributed by atoms with Gasteiger partial charge in [-0.25, -0.2) is 0 Å². The van der Waals surface area contributed by atoms with Gasteiger partial charge in [-0.15, -0.1) is 0 Å². The minimum atomic E-state index is -0.897. The molecular weight excluding hydrogens is 491 g/mol. The van der Waals surface area contributed by atoms with E-state index >= 15 is 0 Å². The topological polar surface area (TPSA) is 124 Å². The zero-order chi connectivity index (χ0) is 25.4. The highest BCUT2D eigenvalue weighted by molar-refractivity contribution is 6.42. The monoisotopic (exact) mass is 510 g/mol. The molecule has 0 aliphatic rings. The Morgan fingerprint density at radius 1 is 1.00 bits per heavy atom. The lowest BCUT2D eigenvalue weighted by atomic mass is 10.1. The number of benzene rings is 2. The quantitative estimate of drug-likeness (QED) is 0.243. The summed E-state index contributed by atoms with van der Waals surface area (Å²) in [7, 11) is 0. The van der Waals surface area contributed by atoms with Gasteiger partial charge in [0.1, 0.15) is 23.2 Å². The van der Waals surface area contributed by atoms with Gasteiger partial charge in [-0.1, -0.05) is 53.5 Å². The maximum Gasteiger partial charge on any atom is 0.313 e. The van der Waals surface area contributed by atoms with Crippen LogP contribution >= 0.6 is 23.2 Å². The summed E-state index contributed by atoms with van der Waals surface area (Å²) in [5.74, 6) is -1.77. The van der Waals surface area contributed by atoms with Crippen molar-refractivity contribution in [3.8, 4) is 6.07 Å². The molecule has 2 aromatic carbocycles. The minimum absolute atomic E-state index is 0.0827. The summed E-state index contributed by atoms with van der Waals surface area (Å²) in [5.41, 5.74) is 1.07. The van der Waals surface area contributed by atoms with E-state index in [0.717, 1.165) is 5.56 Å². The molecule has 0 radical (unpaired) electrons. The van der Waals surface area contributed by atoms with Crippen molar-refractivity contribution in [2.45, 2.75) is 19.5 Å². The van der Waals surface area contributed by atoms with Gasteiger partial charge in [0.2, 0.25) is 0 Å². The molecular formula is C25H20Cl2N4O4. The smallest absolute Gasteiger partial charge is 0.313 e. The molecule has 1 aromatic heterocycles. The van der Waals surface area contributed by atoms with Gasteiger partial charge in [0.25, 0.3) is 5.91 Å². The Hall–Kier alpha value is -4.06. The second-order valence-corrected chi connectivity index (χ2v) is 8.16. The molecule has 3 aromatic rings. The number of nitriles is 1. The first kappa shape index (κ1) is 25.6. The van der Waals surface area contributed by atoms with Crippen molar-refractivity contribution < 1.29 is 18.8 Å². The molecule has 0 aliphatic carbocycles. The van der Waals surface area contributed by atoms with Crippen LogP contribution in [0.3, 0.4) is 0 Å². The molecule has 10 heteroatoms. The molecule has 0 spiro atoms. The van der Waals surface area contributed by atoms with Crippen LogP contribution in [0.2, 0.25) is 10.0 Å². The molecule has 0 fully saturated rings. The van der Waals surface area contributed by atoms with Crippen molar-refractivity contribution in [3.63, 3.8) is 0 Å². The third-order valence-electron chi connectivity index (χ3n) is 4.79. The van der Waals surface area contributed by atoms with Gasteiger partial charge >= 0.3 is 11.8 Å². The fourth-order valence-electron chi connectivity index (χ4n) is 2.97. The molecule has 3 rings (SSSR count). The van der Waals surface area contributed by atoms with Gasteiger partial charge in [0.05, 0.1) is 22.6 Å². The van der Waals surface area contributed by atoms with E-state index in [4.69, 9.17) is 27.6 Å². The van der Waals surface area contributed by atoms with Crippen molar-refractivity contribution in [2.24, 2.45) is 0 Å². The van der Waals surface area contributed by atoms with Crippen LogP contribution in [0, 0.1) is 11.3 Å². The molecule has 35 heavy (non-hydrogen) atoms. The summed E-state index contributed by atoms with van der Waals surface area (Å²) < 4.78 is 5.55. The molecule has 0 saturated heterocycles. The zero-order valence-corrected chi connectivity index (χ0v) is 20.0. The Labute approximate surface area is 211 Å². The fraction of sp³-hybridized carbons (Fsp3) is 0.120. The average molecular weight is 511 g/mol. The third kappa shape index (κ3) is 7.21. The summed E-state index contributed by atoms with van der Waals surface area (Å²) in [6, 6.07) is 18.4. The standard InChI is InChI=1S/C25H20Cl2N4O4/c1-15(16-5-3-2-4-6-16)30-23(32)17(13-28)11-19-8-9-20(35-19)14-29-24(33)25(34)31-18-7-10-21(26)22(27)12-18/h2-12,15H,14H2,1H3,(H,29,33)(H,30,32)(H,31,34)/b17-11-/t15-/m0/s1. The van der Waals surface area contributed by atoms with Gasteiger partial charge in [0, 0.05) is 11.8 Å². The van der Waals surface area contributed by atoms with E-state index in [1.165, 1.54) is 24.3 Å². The summed E-state index contributed by atoms with van der Waals surface area (Å²) in [5, 5.41) is 17.6.